The van der Waals surface area contributed by atoms with Crippen molar-refractivity contribution >= 4 is 23.7 Å². The number of hydrogen-bond acceptors (Lipinski definition) is 3. The second-order valence-corrected chi connectivity index (χ2v) is 4.84. The first-order chi connectivity index (χ1) is 10.7. The standard InChI is InChI=1S/C16H13FN2O3/c17-12-3-1-11(2-4-12)8-19-14-6-5-13(18-10-20)7-15(14)22-9-16(19)21/h1-7,10H,8-9H2,(H,18,20). The summed E-state index contributed by atoms with van der Waals surface area (Å²) in [5, 5.41) is 2.53. The quantitative estimate of drug-likeness (QED) is 0.882. The molecular weight excluding hydrogens is 287 g/mol. The lowest BCUT2D eigenvalue weighted by atomic mass is 10.1. The molecule has 3 rings (SSSR count). The van der Waals surface area contributed by atoms with E-state index in [0.717, 1.165) is 5.56 Å². The van der Waals surface area contributed by atoms with Crippen LogP contribution in [0.5, 0.6) is 5.75 Å². The summed E-state index contributed by atoms with van der Waals surface area (Å²) in [5.74, 6) is 0.0310. The fraction of sp³-hybridized carbons (Fsp3) is 0.125. The minimum Gasteiger partial charge on any atom is -0.481 e. The van der Waals surface area contributed by atoms with Gasteiger partial charge in [0.05, 0.1) is 12.2 Å². The molecule has 0 aromatic heterocycles. The normalized spacial score (nSPS) is 13.3. The van der Waals surface area contributed by atoms with E-state index in [2.05, 4.69) is 5.32 Å². The zero-order chi connectivity index (χ0) is 15.5. The summed E-state index contributed by atoms with van der Waals surface area (Å²) in [7, 11) is 0. The Balaban J connectivity index is 1.90. The van der Waals surface area contributed by atoms with Gasteiger partial charge in [0.15, 0.2) is 6.61 Å². The molecule has 6 heteroatoms. The van der Waals surface area contributed by atoms with Gasteiger partial charge in [-0.2, -0.15) is 0 Å². The van der Waals surface area contributed by atoms with Crippen LogP contribution in [0.4, 0.5) is 15.8 Å². The zero-order valence-electron chi connectivity index (χ0n) is 11.6. The lowest BCUT2D eigenvalue weighted by molar-refractivity contribution is -0.121. The summed E-state index contributed by atoms with van der Waals surface area (Å²) < 4.78 is 18.4. The van der Waals surface area contributed by atoms with Crippen LogP contribution in [0.3, 0.4) is 0 Å². The fourth-order valence-corrected chi connectivity index (χ4v) is 2.31. The van der Waals surface area contributed by atoms with Gasteiger partial charge in [-0.05, 0) is 29.8 Å². The number of carbonyl (C=O) groups excluding carboxylic acids is 2. The Labute approximate surface area is 126 Å². The maximum Gasteiger partial charge on any atom is 0.265 e. The van der Waals surface area contributed by atoms with Crippen LogP contribution < -0.4 is 15.0 Å². The Morgan fingerprint density at radius 3 is 2.73 bits per heavy atom. The van der Waals surface area contributed by atoms with Gasteiger partial charge in [0.1, 0.15) is 11.6 Å². The van der Waals surface area contributed by atoms with Gasteiger partial charge in [0.2, 0.25) is 6.41 Å². The number of fused-ring (bicyclic) bond motifs is 1. The minimum absolute atomic E-state index is 0.0707. The maximum atomic E-state index is 13.0. The number of rotatable bonds is 4. The van der Waals surface area contributed by atoms with Crippen LogP contribution in [0.25, 0.3) is 0 Å². The molecule has 0 radical (unpaired) electrons. The highest BCUT2D eigenvalue weighted by molar-refractivity contribution is 5.98. The second kappa shape index (κ2) is 5.85. The van der Waals surface area contributed by atoms with E-state index in [4.69, 9.17) is 4.74 Å². The highest BCUT2D eigenvalue weighted by Crippen LogP contribution is 2.35. The maximum absolute atomic E-state index is 13.0. The van der Waals surface area contributed by atoms with Crippen LogP contribution in [-0.2, 0) is 16.1 Å². The van der Waals surface area contributed by atoms with Gasteiger partial charge in [0.25, 0.3) is 5.91 Å². The average molecular weight is 300 g/mol. The second-order valence-electron chi connectivity index (χ2n) is 4.84. The van der Waals surface area contributed by atoms with Crippen molar-refractivity contribution < 1.29 is 18.7 Å². The predicted molar refractivity (Wildman–Crippen MR) is 79.2 cm³/mol. The molecule has 1 heterocycles. The third-order valence-electron chi connectivity index (χ3n) is 3.38. The summed E-state index contributed by atoms with van der Waals surface area (Å²) in [5.41, 5.74) is 2.03. The third-order valence-corrected chi connectivity index (χ3v) is 3.38. The molecule has 0 saturated carbocycles. The number of halogens is 1. The Morgan fingerprint density at radius 1 is 1.23 bits per heavy atom. The monoisotopic (exact) mass is 300 g/mol. The Kier molecular flexibility index (Phi) is 3.74. The number of nitrogens with zero attached hydrogens (tertiary/aromatic N) is 1. The van der Waals surface area contributed by atoms with E-state index < -0.39 is 0 Å². The Morgan fingerprint density at radius 2 is 2.00 bits per heavy atom. The van der Waals surface area contributed by atoms with Gasteiger partial charge < -0.3 is 15.0 Å². The van der Waals surface area contributed by atoms with E-state index in [1.807, 2.05) is 0 Å². The molecule has 2 aromatic carbocycles. The number of amides is 2. The lowest BCUT2D eigenvalue weighted by Gasteiger charge is -2.29. The largest absolute Gasteiger partial charge is 0.481 e. The van der Waals surface area contributed by atoms with Gasteiger partial charge >= 0.3 is 0 Å². The first-order valence-corrected chi connectivity index (χ1v) is 6.69. The van der Waals surface area contributed by atoms with Crippen molar-refractivity contribution in [3.63, 3.8) is 0 Å². The van der Waals surface area contributed by atoms with Crippen molar-refractivity contribution in [3.05, 3.63) is 53.8 Å². The van der Waals surface area contributed by atoms with Gasteiger partial charge in [0, 0.05) is 11.8 Å². The molecule has 0 aliphatic carbocycles. The Bertz CT molecular complexity index is 716. The lowest BCUT2D eigenvalue weighted by Crippen LogP contribution is -2.38. The fourth-order valence-electron chi connectivity index (χ4n) is 2.31. The minimum atomic E-state index is -0.318. The molecule has 112 valence electrons. The van der Waals surface area contributed by atoms with Crippen LogP contribution in [0.1, 0.15) is 5.56 Å². The summed E-state index contributed by atoms with van der Waals surface area (Å²) in [6.45, 7) is 0.259. The van der Waals surface area contributed by atoms with Crippen molar-refractivity contribution in [2.24, 2.45) is 0 Å². The molecule has 1 aliphatic rings. The number of carbonyl (C=O) groups is 2. The van der Waals surface area contributed by atoms with E-state index >= 15 is 0 Å². The molecule has 0 bridgehead atoms. The summed E-state index contributed by atoms with van der Waals surface area (Å²) in [6, 6.07) is 11.1. The van der Waals surface area contributed by atoms with Crippen LogP contribution in [0.15, 0.2) is 42.5 Å². The van der Waals surface area contributed by atoms with E-state index in [9.17, 15) is 14.0 Å². The van der Waals surface area contributed by atoms with Crippen molar-refractivity contribution in [3.8, 4) is 5.75 Å². The van der Waals surface area contributed by atoms with E-state index in [-0.39, 0.29) is 18.3 Å². The molecule has 5 nitrogen and oxygen atoms in total. The van der Waals surface area contributed by atoms with Crippen molar-refractivity contribution in [2.75, 3.05) is 16.8 Å². The Hall–Kier alpha value is -2.89. The molecular formula is C16H13FN2O3. The molecule has 0 spiro atoms. The number of hydrogen-bond donors (Lipinski definition) is 1. The third kappa shape index (κ3) is 2.76. The van der Waals surface area contributed by atoms with Gasteiger partial charge in [-0.3, -0.25) is 9.59 Å². The number of anilines is 2. The summed E-state index contributed by atoms with van der Waals surface area (Å²) in [4.78, 5) is 24.2. The van der Waals surface area contributed by atoms with Crippen LogP contribution >= 0.6 is 0 Å². The molecule has 0 saturated heterocycles. The van der Waals surface area contributed by atoms with Gasteiger partial charge in [-0.15, -0.1) is 0 Å². The predicted octanol–water partition coefficient (Wildman–Crippen LogP) is 2.32. The van der Waals surface area contributed by atoms with Gasteiger partial charge in [-0.1, -0.05) is 12.1 Å². The van der Waals surface area contributed by atoms with Gasteiger partial charge in [-0.25, -0.2) is 4.39 Å². The first-order valence-electron chi connectivity index (χ1n) is 6.69. The van der Waals surface area contributed by atoms with E-state index in [0.29, 0.717) is 30.1 Å². The number of ether oxygens (including phenoxy) is 1. The summed E-state index contributed by atoms with van der Waals surface area (Å²) in [6.07, 6.45) is 0.575. The van der Waals surface area contributed by atoms with Crippen molar-refractivity contribution in [1.82, 2.24) is 0 Å². The van der Waals surface area contributed by atoms with Crippen molar-refractivity contribution in [1.29, 1.82) is 0 Å². The highest BCUT2D eigenvalue weighted by Gasteiger charge is 2.25. The number of benzene rings is 2. The van der Waals surface area contributed by atoms with E-state index in [1.165, 1.54) is 12.1 Å². The molecule has 0 fully saturated rings. The molecule has 1 aliphatic heterocycles. The zero-order valence-corrected chi connectivity index (χ0v) is 11.6. The first kappa shape index (κ1) is 14.1. The van der Waals surface area contributed by atoms with E-state index in [1.54, 1.807) is 35.2 Å². The molecule has 2 aromatic rings. The SMILES string of the molecule is O=CNc1ccc2c(c1)OCC(=O)N2Cc1ccc(F)cc1. The van der Waals surface area contributed by atoms with Crippen LogP contribution in [-0.4, -0.2) is 18.9 Å². The van der Waals surface area contributed by atoms with Crippen LogP contribution in [0.2, 0.25) is 0 Å². The summed E-state index contributed by atoms with van der Waals surface area (Å²) >= 11 is 0. The van der Waals surface area contributed by atoms with Crippen molar-refractivity contribution in [2.45, 2.75) is 6.54 Å². The molecule has 2 amide bonds. The smallest absolute Gasteiger partial charge is 0.265 e. The number of nitrogens with one attached hydrogen (secondary N) is 1. The molecule has 22 heavy (non-hydrogen) atoms. The average Bonchev–Trinajstić information content (AvgIpc) is 2.52. The molecule has 1 N–H and O–H groups in total. The highest BCUT2D eigenvalue weighted by atomic mass is 19.1. The van der Waals surface area contributed by atoms with Crippen LogP contribution in [0, 0.1) is 5.82 Å². The topological polar surface area (TPSA) is 58.6 Å². The molecule has 0 atom stereocenters. The molecule has 0 unspecified atom stereocenters.